The normalized spacial score (nSPS) is 33.0. The first-order valence-electron chi connectivity index (χ1n) is 13.1. The lowest BCUT2D eigenvalue weighted by atomic mass is 9.95. The number of aliphatic hydroxyl groups is 1. The Bertz CT molecular complexity index is 1370. The molecular weight excluding hydrogens is 584 g/mol. The average molecular weight is 611 g/mol. The minimum atomic E-state index is -0.983. The van der Waals surface area contributed by atoms with Gasteiger partial charge in [0.05, 0.1) is 39.0 Å². The highest BCUT2D eigenvalue weighted by Gasteiger charge is 2.54. The van der Waals surface area contributed by atoms with Crippen LogP contribution >= 0.6 is 27.5 Å². The van der Waals surface area contributed by atoms with E-state index < -0.39 is 29.2 Å². The molecule has 3 aliphatic heterocycles. The lowest BCUT2D eigenvalue weighted by Gasteiger charge is -2.35. The van der Waals surface area contributed by atoms with E-state index in [1.54, 1.807) is 0 Å². The van der Waals surface area contributed by atoms with Crippen LogP contribution in [0.15, 0.2) is 4.47 Å². The molecule has 4 fully saturated rings. The van der Waals surface area contributed by atoms with Crippen molar-refractivity contribution in [2.24, 2.45) is 11.8 Å². The monoisotopic (exact) mass is 609 g/mol. The van der Waals surface area contributed by atoms with E-state index in [4.69, 9.17) is 26.1 Å². The van der Waals surface area contributed by atoms with Crippen LogP contribution in [-0.4, -0.2) is 76.2 Å². The molecule has 2 saturated heterocycles. The maximum absolute atomic E-state index is 15.7. The molecule has 2 unspecified atom stereocenters. The summed E-state index contributed by atoms with van der Waals surface area (Å²) in [5.74, 6) is -0.0220. The summed E-state index contributed by atoms with van der Waals surface area (Å²) >= 11 is 9.78. The molecule has 202 valence electrons. The van der Waals surface area contributed by atoms with Gasteiger partial charge in [0.1, 0.15) is 35.7 Å². The van der Waals surface area contributed by atoms with E-state index in [0.717, 1.165) is 25.8 Å². The number of halogens is 4. The van der Waals surface area contributed by atoms with Gasteiger partial charge in [-0.05, 0) is 60.5 Å². The summed E-state index contributed by atoms with van der Waals surface area (Å²) in [7, 11) is 0. The topological polar surface area (TPSA) is 94.7 Å². The van der Waals surface area contributed by atoms with E-state index in [1.807, 2.05) is 4.90 Å². The largest absolute Gasteiger partial charge is 0.489 e. The highest BCUT2D eigenvalue weighted by Crippen LogP contribution is 2.52. The molecule has 2 aromatic rings. The first-order chi connectivity index (χ1) is 18.2. The fourth-order valence-electron chi connectivity index (χ4n) is 6.64. The van der Waals surface area contributed by atoms with E-state index in [0.29, 0.717) is 43.6 Å². The molecule has 38 heavy (non-hydrogen) atoms. The third-order valence-corrected chi connectivity index (χ3v) is 10.4. The van der Waals surface area contributed by atoms with Gasteiger partial charge in [0, 0.05) is 19.5 Å². The van der Waals surface area contributed by atoms with Gasteiger partial charge in [-0.3, -0.25) is 4.90 Å². The minimum Gasteiger partial charge on any atom is -0.489 e. The van der Waals surface area contributed by atoms with Gasteiger partial charge in [-0.1, -0.05) is 11.6 Å². The summed E-state index contributed by atoms with van der Waals surface area (Å²) in [6, 6.07) is 1.83. The third-order valence-electron chi connectivity index (χ3n) is 9.06. The number of fused-ring (bicyclic) bond motifs is 1. The number of nitrogens with zero attached hydrogens (tertiary/aromatic N) is 5. The van der Waals surface area contributed by atoms with Gasteiger partial charge < -0.3 is 19.5 Å². The molecule has 1 N–H and O–H groups in total. The van der Waals surface area contributed by atoms with Crippen molar-refractivity contribution in [3.63, 3.8) is 0 Å². The number of hydrogen-bond acceptors (Lipinski definition) is 8. The Morgan fingerprint density at radius 3 is 2.87 bits per heavy atom. The van der Waals surface area contributed by atoms with Crippen molar-refractivity contribution in [1.82, 2.24) is 14.9 Å². The number of aromatic nitrogens is 2. The number of rotatable bonds is 6. The standard InChI is InChI=1S/C26H27BrClF2N5O3/c27-18-19(28)22-17-21(20(18)30)32-24(38-12-25-2-1-5-34(25)10-15(29)7-25)33-23(17)35(9-14-6-13(14)8-31)16(11-37-22)26(36)3-4-26/h13-16,36H,1-7,9-12H2/t13?,14?,15-,16-,25+/m1/s1. The number of alkyl halides is 1. The molecule has 12 heteroatoms. The summed E-state index contributed by atoms with van der Waals surface area (Å²) in [6.45, 7) is 1.99. The molecule has 0 bridgehead atoms. The zero-order chi connectivity index (χ0) is 26.4. The molecule has 0 radical (unpaired) electrons. The fourth-order valence-corrected chi connectivity index (χ4v) is 7.24. The quantitative estimate of drug-likeness (QED) is 0.482. The lowest BCUT2D eigenvalue weighted by molar-refractivity contribution is 0.0895. The Morgan fingerprint density at radius 2 is 2.13 bits per heavy atom. The summed E-state index contributed by atoms with van der Waals surface area (Å²) in [4.78, 5) is 13.3. The van der Waals surface area contributed by atoms with Crippen LogP contribution in [0.25, 0.3) is 10.9 Å². The smallest absolute Gasteiger partial charge is 0.319 e. The number of benzene rings is 1. The molecule has 5 atom stereocenters. The SMILES string of the molecule is N#CC1CC1CN1c2nc(OC[C@@]34CCCN3C[C@H](F)C4)nc3c(F)c(Br)c(Cl)c(c23)OC[C@@H]1C1(O)CC1. The molecule has 5 aliphatic rings. The van der Waals surface area contributed by atoms with Crippen molar-refractivity contribution in [3.8, 4) is 17.8 Å². The van der Waals surface area contributed by atoms with Crippen molar-refractivity contribution < 1.29 is 23.4 Å². The first kappa shape index (κ1) is 25.0. The number of hydrogen-bond donors (Lipinski definition) is 1. The van der Waals surface area contributed by atoms with Crippen molar-refractivity contribution in [2.75, 3.05) is 37.7 Å². The van der Waals surface area contributed by atoms with Crippen molar-refractivity contribution in [2.45, 2.75) is 61.9 Å². The Labute approximate surface area is 232 Å². The number of nitriles is 1. The third kappa shape index (κ3) is 3.86. The molecular formula is C26H27BrClF2N5O3. The highest BCUT2D eigenvalue weighted by atomic mass is 79.9. The molecule has 1 aromatic heterocycles. The Balaban J connectivity index is 1.34. The number of ether oxygens (including phenoxy) is 2. The lowest BCUT2D eigenvalue weighted by Crippen LogP contribution is -2.50. The molecule has 1 aromatic carbocycles. The maximum atomic E-state index is 15.7. The molecule has 2 saturated carbocycles. The van der Waals surface area contributed by atoms with Gasteiger partial charge in [-0.25, -0.2) is 8.78 Å². The fraction of sp³-hybridized carbons (Fsp3) is 0.654. The van der Waals surface area contributed by atoms with Gasteiger partial charge >= 0.3 is 6.01 Å². The molecule has 8 nitrogen and oxygen atoms in total. The van der Waals surface area contributed by atoms with E-state index >= 15 is 4.39 Å². The predicted molar refractivity (Wildman–Crippen MR) is 139 cm³/mol. The van der Waals surface area contributed by atoms with Crippen molar-refractivity contribution in [1.29, 1.82) is 5.26 Å². The summed E-state index contributed by atoms with van der Waals surface area (Å²) in [5.41, 5.74) is -1.41. The minimum absolute atomic E-state index is 0.00656. The Morgan fingerprint density at radius 1 is 1.32 bits per heavy atom. The van der Waals surface area contributed by atoms with Crippen LogP contribution in [0.4, 0.5) is 14.6 Å². The number of anilines is 1. The second-order valence-corrected chi connectivity index (χ2v) is 12.7. The second kappa shape index (κ2) is 8.75. The first-order valence-corrected chi connectivity index (χ1v) is 14.3. The summed E-state index contributed by atoms with van der Waals surface area (Å²) < 4.78 is 42.3. The van der Waals surface area contributed by atoms with E-state index in [2.05, 4.69) is 31.9 Å². The molecule has 2 aliphatic carbocycles. The van der Waals surface area contributed by atoms with Crippen LogP contribution in [0, 0.1) is 29.0 Å². The van der Waals surface area contributed by atoms with E-state index in [1.165, 1.54) is 0 Å². The Hall–Kier alpha value is -2.00. The van der Waals surface area contributed by atoms with Crippen molar-refractivity contribution in [3.05, 3.63) is 15.3 Å². The van der Waals surface area contributed by atoms with Crippen LogP contribution in [0.3, 0.4) is 0 Å². The van der Waals surface area contributed by atoms with Crippen LogP contribution in [0.2, 0.25) is 5.02 Å². The van der Waals surface area contributed by atoms with Crippen LogP contribution in [0.1, 0.15) is 38.5 Å². The van der Waals surface area contributed by atoms with Gasteiger partial charge in [-0.15, -0.1) is 0 Å². The van der Waals surface area contributed by atoms with E-state index in [9.17, 15) is 14.8 Å². The summed E-state index contributed by atoms with van der Waals surface area (Å²) in [6.07, 6.45) is 3.23. The highest BCUT2D eigenvalue weighted by molar-refractivity contribution is 9.10. The van der Waals surface area contributed by atoms with Gasteiger partial charge in [0.15, 0.2) is 11.6 Å². The molecule has 4 heterocycles. The maximum Gasteiger partial charge on any atom is 0.319 e. The molecule has 7 rings (SSSR count). The van der Waals surface area contributed by atoms with Gasteiger partial charge in [-0.2, -0.15) is 15.2 Å². The zero-order valence-corrected chi connectivity index (χ0v) is 22.9. The van der Waals surface area contributed by atoms with E-state index in [-0.39, 0.29) is 51.8 Å². The van der Waals surface area contributed by atoms with Crippen LogP contribution < -0.4 is 14.4 Å². The van der Waals surface area contributed by atoms with Crippen LogP contribution in [0.5, 0.6) is 11.8 Å². The molecule has 0 amide bonds. The van der Waals surface area contributed by atoms with Gasteiger partial charge in [0.2, 0.25) is 0 Å². The van der Waals surface area contributed by atoms with Crippen LogP contribution in [-0.2, 0) is 0 Å². The second-order valence-electron chi connectivity index (χ2n) is 11.5. The van der Waals surface area contributed by atoms with Gasteiger partial charge in [0.25, 0.3) is 0 Å². The summed E-state index contributed by atoms with van der Waals surface area (Å²) in [5, 5.41) is 21.1. The van der Waals surface area contributed by atoms with Crippen molar-refractivity contribution >= 4 is 44.3 Å². The molecule has 0 spiro atoms. The Kier molecular flexibility index (Phi) is 5.76. The average Bonchev–Trinajstić information content (AvgIpc) is 3.78. The zero-order valence-electron chi connectivity index (χ0n) is 20.6. The predicted octanol–water partition coefficient (Wildman–Crippen LogP) is 4.39.